The molecule has 0 bridgehead atoms. The molecule has 1 aliphatic rings. The maximum atomic E-state index is 2.43. The highest BCUT2D eigenvalue weighted by Crippen LogP contribution is 2.51. The first-order valence-electron chi connectivity index (χ1n) is 20.0. The molecule has 0 saturated carbocycles. The highest BCUT2D eigenvalue weighted by molar-refractivity contribution is 6.21. The fraction of sp³-hybridized carbons (Fsp3) is 0.0526. The average Bonchev–Trinajstić information content (AvgIpc) is 3.50. The maximum absolute atomic E-state index is 2.43. The molecule has 1 aliphatic carbocycles. The van der Waals surface area contributed by atoms with E-state index in [2.05, 4.69) is 220 Å². The molecule has 0 spiro atoms. The van der Waals surface area contributed by atoms with Crippen LogP contribution < -0.4 is 0 Å². The Bertz CT molecular complexity index is 3110. The van der Waals surface area contributed by atoms with Gasteiger partial charge in [0.25, 0.3) is 0 Å². The van der Waals surface area contributed by atoms with Gasteiger partial charge in [-0.2, -0.15) is 0 Å². The predicted molar refractivity (Wildman–Crippen MR) is 244 cm³/mol. The molecule has 0 unspecified atom stereocenters. The van der Waals surface area contributed by atoms with Gasteiger partial charge in [-0.15, -0.1) is 0 Å². The van der Waals surface area contributed by atoms with Crippen LogP contribution in [-0.2, 0) is 5.41 Å². The van der Waals surface area contributed by atoms with E-state index in [9.17, 15) is 0 Å². The fourth-order valence-corrected chi connectivity index (χ4v) is 9.51. The van der Waals surface area contributed by atoms with Gasteiger partial charge in [0.1, 0.15) is 0 Å². The molecule has 268 valence electrons. The molecule has 0 N–H and O–H groups in total. The summed E-state index contributed by atoms with van der Waals surface area (Å²) in [5.74, 6) is 0. The normalized spacial score (nSPS) is 12.9. The Balaban J connectivity index is 0.919. The van der Waals surface area contributed by atoms with Crippen LogP contribution in [0.5, 0.6) is 0 Å². The molecule has 0 amide bonds. The molecule has 0 nitrogen and oxygen atoms in total. The molecule has 10 aromatic carbocycles. The van der Waals surface area contributed by atoms with Crippen molar-refractivity contribution in [3.8, 4) is 66.8 Å². The van der Waals surface area contributed by atoms with E-state index in [0.29, 0.717) is 0 Å². The second kappa shape index (κ2) is 13.0. The third-order valence-electron chi connectivity index (χ3n) is 12.5. The Morgan fingerprint density at radius 3 is 1.11 bits per heavy atom. The third-order valence-corrected chi connectivity index (χ3v) is 12.5. The standard InChI is InChI=1S/C57H40/c1-57(2)53-35-45(39-22-20-38(21-23-39)44-29-26-37-12-6-7-15-43(37)34-44)30-32-47(53)48-33-31-46(36-54(48)57)40-24-27-42(28-25-40)56-51-18-10-8-16-49(51)55(41-13-4-3-5-14-41)50-17-9-11-19-52(50)56/h3-36H,1-2H3. The van der Waals surface area contributed by atoms with E-state index in [1.165, 1.54) is 110 Å². The molecule has 0 heterocycles. The van der Waals surface area contributed by atoms with Crippen molar-refractivity contribution in [2.24, 2.45) is 0 Å². The van der Waals surface area contributed by atoms with Crippen LogP contribution in [0.1, 0.15) is 25.0 Å². The fourth-order valence-electron chi connectivity index (χ4n) is 9.51. The van der Waals surface area contributed by atoms with E-state index in [0.717, 1.165) is 0 Å². The summed E-state index contributed by atoms with van der Waals surface area (Å²) in [6.07, 6.45) is 0. The van der Waals surface area contributed by atoms with Crippen LogP contribution >= 0.6 is 0 Å². The lowest BCUT2D eigenvalue weighted by Crippen LogP contribution is -2.15. The first-order valence-corrected chi connectivity index (χ1v) is 20.0. The minimum Gasteiger partial charge on any atom is -0.0622 e. The van der Waals surface area contributed by atoms with E-state index in [1.54, 1.807) is 0 Å². The van der Waals surface area contributed by atoms with Crippen LogP contribution in [0.25, 0.3) is 99.1 Å². The summed E-state index contributed by atoms with van der Waals surface area (Å²) in [7, 11) is 0. The minimum absolute atomic E-state index is 0.125. The number of fused-ring (bicyclic) bond motifs is 6. The average molecular weight is 725 g/mol. The number of rotatable bonds is 5. The van der Waals surface area contributed by atoms with Gasteiger partial charge in [0.05, 0.1) is 0 Å². The Hall–Kier alpha value is -7.02. The Kier molecular flexibility index (Phi) is 7.63. The van der Waals surface area contributed by atoms with Crippen LogP contribution in [0.3, 0.4) is 0 Å². The number of benzene rings is 10. The lowest BCUT2D eigenvalue weighted by atomic mass is 9.80. The van der Waals surface area contributed by atoms with Crippen molar-refractivity contribution in [3.63, 3.8) is 0 Å². The highest BCUT2D eigenvalue weighted by Gasteiger charge is 2.36. The second-order valence-electron chi connectivity index (χ2n) is 16.1. The largest absolute Gasteiger partial charge is 0.0622 e. The van der Waals surface area contributed by atoms with Gasteiger partial charge in [0.15, 0.2) is 0 Å². The van der Waals surface area contributed by atoms with Crippen LogP contribution in [0, 0.1) is 0 Å². The molecular formula is C57H40. The smallest absolute Gasteiger partial charge is 0.0159 e. The summed E-state index contributed by atoms with van der Waals surface area (Å²) in [5.41, 5.74) is 17.9. The lowest BCUT2D eigenvalue weighted by Gasteiger charge is -2.23. The first kappa shape index (κ1) is 33.3. The highest BCUT2D eigenvalue weighted by atomic mass is 14.4. The van der Waals surface area contributed by atoms with Gasteiger partial charge in [0.2, 0.25) is 0 Å². The topological polar surface area (TPSA) is 0 Å². The third kappa shape index (κ3) is 5.44. The molecule has 0 atom stereocenters. The first-order chi connectivity index (χ1) is 28.0. The van der Waals surface area contributed by atoms with E-state index >= 15 is 0 Å². The van der Waals surface area contributed by atoms with Crippen molar-refractivity contribution in [1.29, 1.82) is 0 Å². The van der Waals surface area contributed by atoms with E-state index in [4.69, 9.17) is 0 Å². The van der Waals surface area contributed by atoms with E-state index in [1.807, 2.05) is 0 Å². The zero-order chi connectivity index (χ0) is 38.1. The van der Waals surface area contributed by atoms with Gasteiger partial charge >= 0.3 is 0 Å². The SMILES string of the molecule is CC1(C)c2cc(-c3ccc(-c4ccc5ccccc5c4)cc3)ccc2-c2ccc(-c3ccc(-c4c5ccccc5c(-c5ccccc5)c5ccccc45)cc3)cc21. The molecular weight excluding hydrogens is 685 g/mol. The summed E-state index contributed by atoms with van der Waals surface area (Å²) in [5, 5.41) is 7.66. The van der Waals surface area contributed by atoms with Crippen LogP contribution in [-0.4, -0.2) is 0 Å². The van der Waals surface area contributed by atoms with Crippen molar-refractivity contribution >= 4 is 32.3 Å². The minimum atomic E-state index is -0.125. The number of hydrogen-bond acceptors (Lipinski definition) is 0. The zero-order valence-corrected chi connectivity index (χ0v) is 32.1. The molecule has 10 aromatic rings. The van der Waals surface area contributed by atoms with Crippen molar-refractivity contribution in [3.05, 3.63) is 217 Å². The molecule has 0 aliphatic heterocycles. The molecule has 0 fully saturated rings. The molecule has 0 aromatic heterocycles. The van der Waals surface area contributed by atoms with E-state index < -0.39 is 0 Å². The molecule has 0 saturated heterocycles. The van der Waals surface area contributed by atoms with Crippen molar-refractivity contribution in [1.82, 2.24) is 0 Å². The quantitative estimate of drug-likeness (QED) is 0.155. The van der Waals surface area contributed by atoms with Gasteiger partial charge < -0.3 is 0 Å². The van der Waals surface area contributed by atoms with Crippen LogP contribution in [0.15, 0.2) is 206 Å². The summed E-state index contributed by atoms with van der Waals surface area (Å²) in [6, 6.07) is 76.3. The number of hydrogen-bond donors (Lipinski definition) is 0. The van der Waals surface area contributed by atoms with Gasteiger partial charge in [-0.25, -0.2) is 0 Å². The summed E-state index contributed by atoms with van der Waals surface area (Å²) < 4.78 is 0. The van der Waals surface area contributed by atoms with Crippen LogP contribution in [0.2, 0.25) is 0 Å². The maximum Gasteiger partial charge on any atom is 0.0159 e. The predicted octanol–water partition coefficient (Wildman–Crippen LogP) is 15.8. The van der Waals surface area contributed by atoms with Crippen molar-refractivity contribution < 1.29 is 0 Å². The van der Waals surface area contributed by atoms with Crippen molar-refractivity contribution in [2.45, 2.75) is 19.3 Å². The summed E-state index contributed by atoms with van der Waals surface area (Å²) >= 11 is 0. The zero-order valence-electron chi connectivity index (χ0n) is 32.1. The molecule has 0 heteroatoms. The van der Waals surface area contributed by atoms with Gasteiger partial charge in [-0.1, -0.05) is 202 Å². The molecule has 57 heavy (non-hydrogen) atoms. The van der Waals surface area contributed by atoms with E-state index in [-0.39, 0.29) is 5.41 Å². The monoisotopic (exact) mass is 724 g/mol. The molecule has 11 rings (SSSR count). The Morgan fingerprint density at radius 2 is 0.614 bits per heavy atom. The Morgan fingerprint density at radius 1 is 0.263 bits per heavy atom. The lowest BCUT2D eigenvalue weighted by molar-refractivity contribution is 0.661. The van der Waals surface area contributed by atoms with Gasteiger partial charge in [-0.05, 0) is 128 Å². The summed E-state index contributed by atoms with van der Waals surface area (Å²) in [4.78, 5) is 0. The Labute approximate surface area is 334 Å². The van der Waals surface area contributed by atoms with Crippen molar-refractivity contribution in [2.75, 3.05) is 0 Å². The summed E-state index contributed by atoms with van der Waals surface area (Å²) in [6.45, 7) is 4.76. The van der Waals surface area contributed by atoms with Gasteiger partial charge in [0, 0.05) is 5.41 Å². The van der Waals surface area contributed by atoms with Gasteiger partial charge in [-0.3, -0.25) is 0 Å². The second-order valence-corrected chi connectivity index (χ2v) is 16.1. The van der Waals surface area contributed by atoms with Crippen LogP contribution in [0.4, 0.5) is 0 Å². The molecule has 0 radical (unpaired) electrons.